The molecular formula is C16H36O5Si. The van der Waals surface area contributed by atoms with Crippen molar-refractivity contribution in [2.24, 2.45) is 0 Å². The minimum atomic E-state index is -1.40. The van der Waals surface area contributed by atoms with Gasteiger partial charge < -0.3 is 23.4 Å². The second-order valence-electron chi connectivity index (χ2n) is 6.12. The van der Waals surface area contributed by atoms with Crippen LogP contribution < -0.4 is 0 Å². The lowest BCUT2D eigenvalue weighted by atomic mass is 10.3. The van der Waals surface area contributed by atoms with Crippen LogP contribution in [0, 0.1) is 0 Å². The summed E-state index contributed by atoms with van der Waals surface area (Å²) in [6.07, 6.45) is 3.61. The lowest BCUT2D eigenvalue weighted by Gasteiger charge is -2.16. The van der Waals surface area contributed by atoms with E-state index in [4.69, 9.17) is 23.4 Å². The Balaban J connectivity index is 3.00. The van der Waals surface area contributed by atoms with Crippen molar-refractivity contribution in [3.05, 3.63) is 0 Å². The average Bonchev–Trinajstić information content (AvgIpc) is 2.45. The third kappa shape index (κ3) is 20.0. The molecule has 0 saturated carbocycles. The first-order chi connectivity index (χ1) is 10.6. The van der Waals surface area contributed by atoms with Crippen molar-refractivity contribution in [1.82, 2.24) is 0 Å². The molecule has 0 aromatic rings. The van der Waals surface area contributed by atoms with Gasteiger partial charge in [-0.1, -0.05) is 19.8 Å². The van der Waals surface area contributed by atoms with E-state index in [-0.39, 0.29) is 0 Å². The van der Waals surface area contributed by atoms with Crippen molar-refractivity contribution in [1.29, 1.82) is 0 Å². The van der Waals surface area contributed by atoms with Gasteiger partial charge in [0.05, 0.1) is 52.9 Å². The van der Waals surface area contributed by atoms with Gasteiger partial charge >= 0.3 is 0 Å². The summed E-state index contributed by atoms with van der Waals surface area (Å²) in [5, 5.41) is 0. The van der Waals surface area contributed by atoms with Gasteiger partial charge in [-0.3, -0.25) is 0 Å². The molecule has 0 aliphatic heterocycles. The van der Waals surface area contributed by atoms with Gasteiger partial charge in [-0.05, 0) is 26.1 Å². The third-order valence-corrected chi connectivity index (χ3v) is 3.84. The van der Waals surface area contributed by atoms with Crippen molar-refractivity contribution in [2.45, 2.75) is 45.8 Å². The maximum Gasteiger partial charge on any atom is 0.183 e. The highest BCUT2D eigenvalue weighted by Gasteiger charge is 2.12. The molecule has 0 aromatic carbocycles. The van der Waals surface area contributed by atoms with Gasteiger partial charge in [0.15, 0.2) is 8.32 Å². The molecule has 0 atom stereocenters. The Morgan fingerprint density at radius 1 is 0.545 bits per heavy atom. The van der Waals surface area contributed by atoms with E-state index < -0.39 is 8.32 Å². The van der Waals surface area contributed by atoms with Crippen molar-refractivity contribution < 1.29 is 23.4 Å². The predicted molar refractivity (Wildman–Crippen MR) is 92.1 cm³/mol. The zero-order chi connectivity index (χ0) is 16.5. The first-order valence-corrected chi connectivity index (χ1v) is 11.9. The molecule has 0 saturated heterocycles. The minimum absolute atomic E-state index is 0.601. The van der Waals surface area contributed by atoms with Gasteiger partial charge in [0.25, 0.3) is 0 Å². The standard InChI is InChI=1S/C16H36O5Si/c1-5-6-7-8-17-9-10-18-11-12-19-13-14-20-15-16-21-22(2,3)4/h5-16H2,1-4H3. The van der Waals surface area contributed by atoms with Crippen molar-refractivity contribution in [2.75, 3.05) is 59.5 Å². The fourth-order valence-corrected chi connectivity index (χ4v) is 2.32. The normalized spacial score (nSPS) is 12.0. The molecule has 5 nitrogen and oxygen atoms in total. The largest absolute Gasteiger partial charge is 0.415 e. The van der Waals surface area contributed by atoms with Crippen LogP contribution >= 0.6 is 0 Å². The molecule has 0 amide bonds. The Labute approximate surface area is 137 Å². The first kappa shape index (κ1) is 22.0. The lowest BCUT2D eigenvalue weighted by Crippen LogP contribution is -2.27. The molecule has 0 spiro atoms. The van der Waals surface area contributed by atoms with E-state index in [1.54, 1.807) is 0 Å². The third-order valence-electron chi connectivity index (χ3n) is 2.77. The van der Waals surface area contributed by atoms with Crippen molar-refractivity contribution >= 4 is 8.32 Å². The Bertz CT molecular complexity index is 221. The average molecular weight is 337 g/mol. The lowest BCUT2D eigenvalue weighted by molar-refractivity contribution is -0.00509. The van der Waals surface area contributed by atoms with Gasteiger partial charge in [0.1, 0.15) is 0 Å². The SMILES string of the molecule is CCCCCOCCOCCOCCOCCO[Si](C)(C)C. The Kier molecular flexibility index (Phi) is 15.9. The van der Waals surface area contributed by atoms with E-state index in [0.717, 1.165) is 13.0 Å². The fourth-order valence-electron chi connectivity index (χ4n) is 1.62. The van der Waals surface area contributed by atoms with E-state index >= 15 is 0 Å². The molecule has 0 unspecified atom stereocenters. The van der Waals surface area contributed by atoms with Gasteiger partial charge in [-0.2, -0.15) is 0 Å². The highest BCUT2D eigenvalue weighted by Crippen LogP contribution is 2.01. The molecule has 0 heterocycles. The summed E-state index contributed by atoms with van der Waals surface area (Å²) in [5.74, 6) is 0. The number of unbranched alkanes of at least 4 members (excludes halogenated alkanes) is 2. The van der Waals surface area contributed by atoms with Gasteiger partial charge in [-0.15, -0.1) is 0 Å². The molecule has 0 radical (unpaired) electrons. The molecule has 6 heteroatoms. The molecule has 0 aliphatic carbocycles. The van der Waals surface area contributed by atoms with Crippen LogP contribution in [0.15, 0.2) is 0 Å². The molecule has 0 rings (SSSR count). The number of rotatable bonds is 17. The molecular weight excluding hydrogens is 300 g/mol. The van der Waals surface area contributed by atoms with Gasteiger partial charge in [-0.25, -0.2) is 0 Å². The summed E-state index contributed by atoms with van der Waals surface area (Å²) in [4.78, 5) is 0. The summed E-state index contributed by atoms with van der Waals surface area (Å²) < 4.78 is 27.4. The second-order valence-corrected chi connectivity index (χ2v) is 10.6. The first-order valence-electron chi connectivity index (χ1n) is 8.51. The molecule has 134 valence electrons. The number of hydrogen-bond acceptors (Lipinski definition) is 5. The van der Waals surface area contributed by atoms with Crippen LogP contribution in [-0.2, 0) is 23.4 Å². The van der Waals surface area contributed by atoms with Crippen LogP contribution in [0.25, 0.3) is 0 Å². The minimum Gasteiger partial charge on any atom is -0.415 e. The van der Waals surface area contributed by atoms with Crippen molar-refractivity contribution in [3.8, 4) is 0 Å². The summed E-state index contributed by atoms with van der Waals surface area (Å²) in [6.45, 7) is 14.6. The summed E-state index contributed by atoms with van der Waals surface area (Å²) in [5.41, 5.74) is 0. The number of ether oxygens (including phenoxy) is 4. The van der Waals surface area contributed by atoms with Crippen molar-refractivity contribution in [3.63, 3.8) is 0 Å². The van der Waals surface area contributed by atoms with E-state index in [1.807, 2.05) is 0 Å². The van der Waals surface area contributed by atoms with Crippen LogP contribution in [0.2, 0.25) is 19.6 Å². The van der Waals surface area contributed by atoms with E-state index in [2.05, 4.69) is 26.6 Å². The Morgan fingerprint density at radius 3 is 1.36 bits per heavy atom. The molecule has 0 bridgehead atoms. The molecule has 0 fully saturated rings. The fraction of sp³-hybridized carbons (Fsp3) is 1.00. The highest BCUT2D eigenvalue weighted by molar-refractivity contribution is 6.69. The molecule has 0 aromatic heterocycles. The smallest absolute Gasteiger partial charge is 0.183 e. The van der Waals surface area contributed by atoms with Gasteiger partial charge in [0, 0.05) is 6.61 Å². The second kappa shape index (κ2) is 15.9. The van der Waals surface area contributed by atoms with E-state index in [9.17, 15) is 0 Å². The van der Waals surface area contributed by atoms with E-state index in [1.165, 1.54) is 12.8 Å². The van der Waals surface area contributed by atoms with Crippen LogP contribution in [0.5, 0.6) is 0 Å². The molecule has 0 N–H and O–H groups in total. The maximum absolute atomic E-state index is 5.68. The topological polar surface area (TPSA) is 46.2 Å². The van der Waals surface area contributed by atoms with Crippen LogP contribution in [0.4, 0.5) is 0 Å². The molecule has 22 heavy (non-hydrogen) atoms. The Morgan fingerprint density at radius 2 is 0.955 bits per heavy atom. The maximum atomic E-state index is 5.68. The number of hydrogen-bond donors (Lipinski definition) is 0. The summed E-state index contributed by atoms with van der Waals surface area (Å²) in [7, 11) is -1.40. The van der Waals surface area contributed by atoms with Gasteiger partial charge in [0.2, 0.25) is 0 Å². The van der Waals surface area contributed by atoms with Crippen LogP contribution in [0.3, 0.4) is 0 Å². The van der Waals surface area contributed by atoms with Crippen LogP contribution in [0.1, 0.15) is 26.2 Å². The van der Waals surface area contributed by atoms with Crippen LogP contribution in [-0.4, -0.2) is 67.8 Å². The monoisotopic (exact) mass is 336 g/mol. The Hall–Kier alpha value is 0.0169. The quantitative estimate of drug-likeness (QED) is 0.302. The van der Waals surface area contributed by atoms with E-state index in [0.29, 0.717) is 52.9 Å². The molecule has 0 aliphatic rings. The summed E-state index contributed by atoms with van der Waals surface area (Å²) in [6, 6.07) is 0. The zero-order valence-electron chi connectivity index (χ0n) is 15.0. The summed E-state index contributed by atoms with van der Waals surface area (Å²) >= 11 is 0. The predicted octanol–water partition coefficient (Wildman–Crippen LogP) is 3.09. The highest BCUT2D eigenvalue weighted by atomic mass is 28.4. The zero-order valence-corrected chi connectivity index (χ0v) is 16.0.